The van der Waals surface area contributed by atoms with Gasteiger partial charge in [-0.05, 0) is 51.5 Å². The second kappa shape index (κ2) is 10.8. The van der Waals surface area contributed by atoms with Gasteiger partial charge in [0, 0.05) is 16.6 Å². The van der Waals surface area contributed by atoms with Gasteiger partial charge >= 0.3 is 0 Å². The molecule has 0 aliphatic heterocycles. The molecule has 9 heteroatoms. The number of hydrogen-bond acceptors (Lipinski definition) is 3. The quantitative estimate of drug-likeness (QED) is 0.424. The molecule has 1 aromatic heterocycles. The number of benzene rings is 1. The molecule has 1 aromatic carbocycles. The fourth-order valence-electron chi connectivity index (χ4n) is 2.70. The Labute approximate surface area is 200 Å². The van der Waals surface area contributed by atoms with E-state index in [2.05, 4.69) is 38.2 Å². The number of rotatable bonds is 7. The van der Waals surface area contributed by atoms with Crippen molar-refractivity contribution < 1.29 is 9.59 Å². The standard InChI is InChI=1S/C22H23BrCl2N4O2/c1-6-7-8-17(24)14(5)29-18(11-19(25)28-29)22(31)27-20-13(4)9-15(23)10-16(20)21(30)26-12(2)3/h6-12H,5H2,1-4H3,(H,26,30)(H,27,31)/b7-6-,17-8+. The molecule has 2 rings (SSSR count). The summed E-state index contributed by atoms with van der Waals surface area (Å²) in [7, 11) is 0. The number of nitrogens with zero attached hydrogens (tertiary/aromatic N) is 2. The molecule has 31 heavy (non-hydrogen) atoms. The summed E-state index contributed by atoms with van der Waals surface area (Å²) in [6.07, 6.45) is 5.18. The molecule has 0 saturated carbocycles. The molecule has 0 aliphatic carbocycles. The molecule has 1 heterocycles. The Morgan fingerprint density at radius 1 is 1.26 bits per heavy atom. The van der Waals surface area contributed by atoms with E-state index in [1.807, 2.05) is 26.8 Å². The van der Waals surface area contributed by atoms with E-state index in [0.717, 1.165) is 4.47 Å². The summed E-state index contributed by atoms with van der Waals surface area (Å²) < 4.78 is 1.99. The maximum Gasteiger partial charge on any atom is 0.274 e. The van der Waals surface area contributed by atoms with Crippen molar-refractivity contribution in [2.45, 2.75) is 33.7 Å². The van der Waals surface area contributed by atoms with Crippen molar-refractivity contribution in [1.29, 1.82) is 0 Å². The molecule has 164 valence electrons. The van der Waals surface area contributed by atoms with Crippen molar-refractivity contribution in [2.24, 2.45) is 0 Å². The fraction of sp³-hybridized carbons (Fsp3) is 0.227. The van der Waals surface area contributed by atoms with Crippen LogP contribution in [0.15, 0.2) is 52.5 Å². The van der Waals surface area contributed by atoms with Crippen LogP contribution in [0.25, 0.3) is 5.70 Å². The third kappa shape index (κ3) is 6.32. The highest BCUT2D eigenvalue weighted by molar-refractivity contribution is 9.10. The zero-order valence-corrected chi connectivity index (χ0v) is 20.7. The Bertz CT molecular complexity index is 1090. The zero-order valence-electron chi connectivity index (χ0n) is 17.6. The third-order valence-electron chi connectivity index (χ3n) is 4.08. The molecule has 0 bridgehead atoms. The lowest BCUT2D eigenvalue weighted by molar-refractivity contribution is 0.0944. The molecule has 0 radical (unpaired) electrons. The first-order valence-corrected chi connectivity index (χ1v) is 11.0. The summed E-state index contributed by atoms with van der Waals surface area (Å²) in [5.74, 6) is -0.817. The minimum absolute atomic E-state index is 0.0648. The zero-order chi connectivity index (χ0) is 23.3. The van der Waals surface area contributed by atoms with E-state index in [1.54, 1.807) is 31.2 Å². The Kier molecular flexibility index (Phi) is 8.68. The number of anilines is 1. The summed E-state index contributed by atoms with van der Waals surface area (Å²) in [4.78, 5) is 25.8. The largest absolute Gasteiger partial charge is 0.350 e. The molecule has 0 spiro atoms. The molecule has 0 atom stereocenters. The molecular formula is C22H23BrCl2N4O2. The lowest BCUT2D eigenvalue weighted by Gasteiger charge is -2.17. The van der Waals surface area contributed by atoms with E-state index in [9.17, 15) is 9.59 Å². The average Bonchev–Trinajstić information content (AvgIpc) is 3.08. The van der Waals surface area contributed by atoms with Crippen LogP contribution in [0.1, 0.15) is 47.2 Å². The van der Waals surface area contributed by atoms with Crippen LogP contribution in [0.3, 0.4) is 0 Å². The lowest BCUT2D eigenvalue weighted by Crippen LogP contribution is -2.31. The Hall–Kier alpha value is -2.35. The fourth-order valence-corrected chi connectivity index (χ4v) is 3.61. The highest BCUT2D eigenvalue weighted by Crippen LogP contribution is 2.28. The van der Waals surface area contributed by atoms with Gasteiger partial charge in [-0.2, -0.15) is 5.10 Å². The van der Waals surface area contributed by atoms with Crippen molar-refractivity contribution in [3.8, 4) is 0 Å². The molecule has 0 unspecified atom stereocenters. The highest BCUT2D eigenvalue weighted by Gasteiger charge is 2.22. The van der Waals surface area contributed by atoms with Gasteiger partial charge in [-0.3, -0.25) is 9.59 Å². The number of carbonyl (C=O) groups is 2. The minimum Gasteiger partial charge on any atom is -0.350 e. The van der Waals surface area contributed by atoms with E-state index < -0.39 is 5.91 Å². The van der Waals surface area contributed by atoms with E-state index in [1.165, 1.54) is 10.7 Å². The second-order valence-corrected chi connectivity index (χ2v) is 8.69. The van der Waals surface area contributed by atoms with Crippen LogP contribution in [0, 0.1) is 6.92 Å². The number of allylic oxidation sites excluding steroid dienone is 5. The van der Waals surface area contributed by atoms with Gasteiger partial charge in [-0.25, -0.2) is 4.68 Å². The van der Waals surface area contributed by atoms with Crippen molar-refractivity contribution in [1.82, 2.24) is 15.1 Å². The summed E-state index contributed by atoms with van der Waals surface area (Å²) in [5, 5.41) is 10.2. The van der Waals surface area contributed by atoms with Gasteiger partial charge < -0.3 is 10.6 Å². The summed E-state index contributed by atoms with van der Waals surface area (Å²) in [6, 6.07) is 4.80. The normalized spacial score (nSPS) is 11.8. The van der Waals surface area contributed by atoms with E-state index in [0.29, 0.717) is 21.8 Å². The SMILES string of the molecule is C=C(/C(Cl)=C\C=C/C)n1nc(Cl)cc1C(=O)Nc1c(C)cc(Br)cc1C(=O)NC(C)C. The predicted molar refractivity (Wildman–Crippen MR) is 131 cm³/mol. The van der Waals surface area contributed by atoms with Crippen LogP contribution in [-0.2, 0) is 0 Å². The van der Waals surface area contributed by atoms with Gasteiger partial charge in [0.05, 0.1) is 22.0 Å². The topological polar surface area (TPSA) is 76.0 Å². The first-order valence-electron chi connectivity index (χ1n) is 9.41. The first kappa shape index (κ1) is 24.9. The van der Waals surface area contributed by atoms with Gasteiger partial charge in [-0.1, -0.05) is 57.9 Å². The molecule has 2 N–H and O–H groups in total. The van der Waals surface area contributed by atoms with Crippen LogP contribution in [0.2, 0.25) is 5.15 Å². The van der Waals surface area contributed by atoms with Crippen LogP contribution in [0.4, 0.5) is 5.69 Å². The van der Waals surface area contributed by atoms with E-state index in [-0.39, 0.29) is 28.5 Å². The maximum atomic E-state index is 13.1. The Balaban J connectivity index is 2.46. The number of amides is 2. The van der Waals surface area contributed by atoms with Crippen molar-refractivity contribution >= 4 is 62.3 Å². The average molecular weight is 526 g/mol. The minimum atomic E-state index is -0.514. The van der Waals surface area contributed by atoms with Gasteiger partial charge in [0.25, 0.3) is 11.8 Å². The van der Waals surface area contributed by atoms with E-state index >= 15 is 0 Å². The molecule has 0 fully saturated rings. The van der Waals surface area contributed by atoms with Gasteiger partial charge in [0.1, 0.15) is 5.69 Å². The van der Waals surface area contributed by atoms with E-state index in [4.69, 9.17) is 23.2 Å². The number of halogens is 3. The maximum absolute atomic E-state index is 13.1. The number of hydrogen-bond donors (Lipinski definition) is 2. The third-order valence-corrected chi connectivity index (χ3v) is 5.07. The van der Waals surface area contributed by atoms with Gasteiger partial charge in [-0.15, -0.1) is 0 Å². The van der Waals surface area contributed by atoms with Crippen molar-refractivity contribution in [2.75, 3.05) is 5.32 Å². The first-order chi connectivity index (χ1) is 14.5. The monoisotopic (exact) mass is 524 g/mol. The van der Waals surface area contributed by atoms with Crippen molar-refractivity contribution in [3.63, 3.8) is 0 Å². The number of nitrogens with one attached hydrogen (secondary N) is 2. The van der Waals surface area contributed by atoms with Crippen LogP contribution in [-0.4, -0.2) is 27.6 Å². The lowest BCUT2D eigenvalue weighted by atomic mass is 10.1. The molecule has 0 saturated heterocycles. The van der Waals surface area contributed by atoms with Crippen LogP contribution < -0.4 is 10.6 Å². The molecule has 2 aromatic rings. The predicted octanol–water partition coefficient (Wildman–Crippen LogP) is 6.17. The van der Waals surface area contributed by atoms with Crippen LogP contribution in [0.5, 0.6) is 0 Å². The summed E-state index contributed by atoms with van der Waals surface area (Å²) in [6.45, 7) is 11.3. The highest BCUT2D eigenvalue weighted by atomic mass is 79.9. The number of aromatic nitrogens is 2. The molecule has 0 aliphatic rings. The van der Waals surface area contributed by atoms with Gasteiger partial charge in [0.15, 0.2) is 5.15 Å². The molecular weight excluding hydrogens is 503 g/mol. The van der Waals surface area contributed by atoms with Crippen LogP contribution >= 0.6 is 39.1 Å². The molecule has 2 amide bonds. The van der Waals surface area contributed by atoms with Gasteiger partial charge in [0.2, 0.25) is 0 Å². The molecule has 6 nitrogen and oxygen atoms in total. The number of carbonyl (C=O) groups excluding carboxylic acids is 2. The smallest absolute Gasteiger partial charge is 0.274 e. The Morgan fingerprint density at radius 3 is 2.55 bits per heavy atom. The Morgan fingerprint density at radius 2 is 1.94 bits per heavy atom. The second-order valence-electron chi connectivity index (χ2n) is 6.98. The summed E-state index contributed by atoms with van der Waals surface area (Å²) in [5.41, 5.74) is 1.83. The summed E-state index contributed by atoms with van der Waals surface area (Å²) >= 11 is 15.7. The van der Waals surface area contributed by atoms with Crippen molar-refractivity contribution in [3.05, 3.63) is 74.5 Å². The number of aryl methyl sites for hydroxylation is 1.